The van der Waals surface area contributed by atoms with Gasteiger partial charge in [-0.05, 0) is 225 Å². The van der Waals surface area contributed by atoms with E-state index in [1.165, 1.54) is 128 Å². The van der Waals surface area contributed by atoms with Gasteiger partial charge < -0.3 is 0 Å². The van der Waals surface area contributed by atoms with Crippen molar-refractivity contribution < 1.29 is 2.85 Å². The minimum Gasteiger partial charge on any atom is -0.0847 e. The van der Waals surface area contributed by atoms with Crippen LogP contribution in [0.15, 0.2) is 34.9 Å². The number of hydrogen-bond donors (Lipinski definition) is 0. The van der Waals surface area contributed by atoms with Gasteiger partial charge in [0.1, 0.15) is 0 Å². The van der Waals surface area contributed by atoms with Gasteiger partial charge in [0.05, 0.1) is 0 Å². The molecule has 0 amide bonds. The van der Waals surface area contributed by atoms with Crippen molar-refractivity contribution in [2.24, 2.45) is 104 Å². The molecule has 0 saturated heterocycles. The molecule has 60 heavy (non-hydrogen) atoms. The van der Waals surface area contributed by atoms with E-state index in [-0.39, 0.29) is 2.85 Å². The van der Waals surface area contributed by atoms with Crippen molar-refractivity contribution in [3.8, 4) is 0 Å². The summed E-state index contributed by atoms with van der Waals surface area (Å²) >= 11 is 0. The second kappa shape index (κ2) is 17.5. The van der Waals surface area contributed by atoms with Crippen molar-refractivity contribution >= 4 is 0 Å². The summed E-state index contributed by atoms with van der Waals surface area (Å²) < 4.78 is 0. The van der Waals surface area contributed by atoms with Crippen LogP contribution in [0.4, 0.5) is 0 Å². The normalized spacial score (nSPS) is 43.7. The highest BCUT2D eigenvalue weighted by molar-refractivity contribution is 5.35. The Bertz CT molecular complexity index is 1580. The van der Waals surface area contributed by atoms with Crippen LogP contribution in [0, 0.1) is 104 Å². The highest BCUT2D eigenvalue weighted by Gasteiger charge is 2.57. The molecule has 0 aromatic carbocycles. The summed E-state index contributed by atoms with van der Waals surface area (Å²) in [5.41, 5.74) is 8.77. The van der Waals surface area contributed by atoms with E-state index in [4.69, 9.17) is 0 Å². The maximum atomic E-state index is 2.69. The first-order chi connectivity index (χ1) is 28.0. The molecule has 6 saturated carbocycles. The number of allylic oxidation sites excluding steroid dienone is 6. The highest BCUT2D eigenvalue weighted by atomic mass is 14.6. The molecule has 0 bridgehead atoms. The van der Waals surface area contributed by atoms with Crippen LogP contribution in [0.2, 0.25) is 0 Å². The molecule has 0 spiro atoms. The third-order valence-corrected chi connectivity index (χ3v) is 22.2. The zero-order valence-corrected chi connectivity index (χ0v) is 43.0. The van der Waals surface area contributed by atoms with Crippen LogP contribution in [0.1, 0.15) is 242 Å². The van der Waals surface area contributed by atoms with Crippen LogP contribution >= 0.6 is 0 Å². The Morgan fingerprint density at radius 2 is 1.05 bits per heavy atom. The predicted octanol–water partition coefficient (Wildman–Crippen LogP) is 19.2. The summed E-state index contributed by atoms with van der Waals surface area (Å²) in [5.74, 6) is 11.2. The van der Waals surface area contributed by atoms with Crippen molar-refractivity contribution in [2.75, 3.05) is 0 Å². The zero-order valence-electron chi connectivity index (χ0n) is 43.0. The Kier molecular flexibility index (Phi) is 13.8. The molecule has 0 heterocycles. The Morgan fingerprint density at radius 1 is 0.517 bits per heavy atom. The van der Waals surface area contributed by atoms with E-state index < -0.39 is 0 Å². The van der Waals surface area contributed by atoms with E-state index in [1.807, 2.05) is 5.57 Å². The van der Waals surface area contributed by atoms with Gasteiger partial charge >= 0.3 is 0 Å². The minimum absolute atomic E-state index is 0. The van der Waals surface area contributed by atoms with Gasteiger partial charge in [-0.25, -0.2) is 0 Å². The van der Waals surface area contributed by atoms with E-state index in [0.717, 1.165) is 71.0 Å². The quantitative estimate of drug-likeness (QED) is 0.249. The predicted molar refractivity (Wildman–Crippen MR) is 267 cm³/mol. The van der Waals surface area contributed by atoms with Crippen LogP contribution in [-0.4, -0.2) is 0 Å². The Morgan fingerprint density at radius 3 is 1.63 bits per heavy atom. The summed E-state index contributed by atoms with van der Waals surface area (Å²) in [7, 11) is 0. The molecule has 6 fully saturated rings. The van der Waals surface area contributed by atoms with Crippen LogP contribution in [0.3, 0.4) is 0 Å². The van der Waals surface area contributed by atoms with Crippen molar-refractivity contribution in [1.29, 1.82) is 0 Å². The summed E-state index contributed by atoms with van der Waals surface area (Å²) in [6.07, 6.45) is 38.5. The lowest BCUT2D eigenvalue weighted by molar-refractivity contribution is -0.117. The molecule has 0 aromatic rings. The van der Waals surface area contributed by atoms with E-state index >= 15 is 0 Å². The molecule has 0 N–H and O–H groups in total. The Hall–Kier alpha value is -0.780. The topological polar surface area (TPSA) is 0 Å². The molecule has 0 aromatic heterocycles. The Labute approximate surface area is 378 Å². The first-order valence-electron chi connectivity index (χ1n) is 27.1. The van der Waals surface area contributed by atoms with Crippen LogP contribution < -0.4 is 0 Å². The fourth-order valence-electron chi connectivity index (χ4n) is 18.6. The molecular weight excluding hydrogens is 721 g/mol. The molecule has 9 rings (SSSR count). The molecule has 12 atom stereocenters. The number of fused-ring (bicyclic) bond motifs is 9. The molecule has 12 unspecified atom stereocenters. The van der Waals surface area contributed by atoms with E-state index in [1.54, 1.807) is 17.6 Å². The second-order valence-electron chi connectivity index (χ2n) is 27.7. The maximum absolute atomic E-state index is 2.69. The van der Waals surface area contributed by atoms with Gasteiger partial charge in [0, 0.05) is 2.85 Å². The van der Waals surface area contributed by atoms with Crippen molar-refractivity contribution in [2.45, 2.75) is 239 Å². The Balaban J connectivity index is 0.000000173. The first-order valence-corrected chi connectivity index (χ1v) is 27.1. The average Bonchev–Trinajstić information content (AvgIpc) is 3.17. The highest BCUT2D eigenvalue weighted by Crippen LogP contribution is 2.66. The molecular formula is C60H106. The van der Waals surface area contributed by atoms with Gasteiger partial charge in [0.2, 0.25) is 0 Å². The van der Waals surface area contributed by atoms with Crippen LogP contribution in [-0.2, 0) is 0 Å². The monoisotopic (exact) mass is 827 g/mol. The molecule has 0 radical (unpaired) electrons. The maximum Gasteiger partial charge on any atom is 0 e. The van der Waals surface area contributed by atoms with Gasteiger partial charge in [-0.2, -0.15) is 0 Å². The third kappa shape index (κ3) is 8.82. The lowest BCUT2D eigenvalue weighted by Crippen LogP contribution is -2.53. The van der Waals surface area contributed by atoms with Gasteiger partial charge in [-0.15, -0.1) is 0 Å². The molecule has 9 aliphatic carbocycles. The molecule has 346 valence electrons. The van der Waals surface area contributed by atoms with Gasteiger partial charge in [0.15, 0.2) is 0 Å². The van der Waals surface area contributed by atoms with Crippen LogP contribution in [0.5, 0.6) is 0 Å². The molecule has 9 aliphatic rings. The molecule has 0 aliphatic heterocycles. The average molecular weight is 828 g/mol. The lowest BCUT2D eigenvalue weighted by atomic mass is 9.44. The SMILES string of the molecule is CC(C)C1=CC2=CCC3C(C)(C)CCCC3(C)C2CC1.CC(C)C1CCC2C(=CCC3C(C)(C)CCCC23C)C1.CC(C)C1CCC2C(CCC3C(C)(C)CCCC23C)C1.[HH].[HH]. The van der Waals surface area contributed by atoms with Crippen LogP contribution in [0.25, 0.3) is 0 Å². The molecule has 0 nitrogen and oxygen atoms in total. The first kappa shape index (κ1) is 47.2. The summed E-state index contributed by atoms with van der Waals surface area (Å²) in [4.78, 5) is 0. The summed E-state index contributed by atoms with van der Waals surface area (Å²) in [6, 6.07) is 0. The minimum atomic E-state index is 0. The second-order valence-corrected chi connectivity index (χ2v) is 27.7. The smallest absolute Gasteiger partial charge is 0 e. The van der Waals surface area contributed by atoms with Crippen molar-refractivity contribution in [1.82, 2.24) is 0 Å². The van der Waals surface area contributed by atoms with Gasteiger partial charge in [-0.3, -0.25) is 0 Å². The third-order valence-electron chi connectivity index (χ3n) is 22.2. The van der Waals surface area contributed by atoms with E-state index in [2.05, 4.69) is 122 Å². The molecule has 0 heteroatoms. The van der Waals surface area contributed by atoms with Crippen molar-refractivity contribution in [3.05, 3.63) is 34.9 Å². The van der Waals surface area contributed by atoms with Crippen molar-refractivity contribution in [3.63, 3.8) is 0 Å². The summed E-state index contributed by atoms with van der Waals surface area (Å²) in [6.45, 7) is 37.6. The number of rotatable bonds is 3. The largest absolute Gasteiger partial charge is 0.0847 e. The zero-order chi connectivity index (χ0) is 43.6. The van der Waals surface area contributed by atoms with Gasteiger partial charge in [-0.1, -0.05) is 152 Å². The standard InChI is InChI=1S/C20H36.C20H34.C20H32.2H2/c3*1-14(2)15-7-9-17-16(13-15)8-10-18-19(3,4)11-6-12-20(17,18)5;;/h14-18H,6-13H2,1-5H3;8,14-15,17-18H,6-7,9-13H2,1-5H3;8,13-14,17-18H,6-7,9-12H2,1-5H3;2*1H. The van der Waals surface area contributed by atoms with E-state index in [0.29, 0.717) is 32.5 Å². The summed E-state index contributed by atoms with van der Waals surface area (Å²) in [5, 5.41) is 0. The fraction of sp³-hybridized carbons (Fsp3) is 0.900. The fourth-order valence-corrected chi connectivity index (χ4v) is 18.6. The number of hydrogen-bond acceptors (Lipinski definition) is 0. The lowest BCUT2D eigenvalue weighted by Gasteiger charge is -2.61. The van der Waals surface area contributed by atoms with E-state index in [9.17, 15) is 0 Å². The van der Waals surface area contributed by atoms with Gasteiger partial charge in [0.25, 0.3) is 0 Å².